The van der Waals surface area contributed by atoms with E-state index in [0.717, 1.165) is 38.8 Å². The number of rotatable bonds is 6. The summed E-state index contributed by atoms with van der Waals surface area (Å²) in [6.45, 7) is 5.83. The fourth-order valence-corrected chi connectivity index (χ4v) is 5.25. The summed E-state index contributed by atoms with van der Waals surface area (Å²) in [5, 5.41) is 0. The van der Waals surface area contributed by atoms with Crippen LogP contribution < -0.4 is 5.73 Å². The lowest BCUT2D eigenvalue weighted by Gasteiger charge is -2.37. The zero-order valence-electron chi connectivity index (χ0n) is 13.4. The molecule has 2 aliphatic heterocycles. The van der Waals surface area contributed by atoms with Crippen LogP contribution in [0.5, 0.6) is 0 Å². The molecule has 2 saturated heterocycles. The van der Waals surface area contributed by atoms with Crippen molar-refractivity contribution in [3.63, 3.8) is 0 Å². The molecule has 124 valence electrons. The normalized spacial score (nSPS) is 29.3. The quantitative estimate of drug-likeness (QED) is 0.772. The molecule has 0 amide bonds. The van der Waals surface area contributed by atoms with Gasteiger partial charge in [-0.15, -0.1) is 0 Å². The average molecular weight is 318 g/mol. The minimum Gasteiger partial charge on any atom is -0.329 e. The summed E-state index contributed by atoms with van der Waals surface area (Å²) in [7, 11) is -1.67. The summed E-state index contributed by atoms with van der Waals surface area (Å²) >= 11 is 0. The first-order valence-electron chi connectivity index (χ1n) is 8.18. The third-order valence-electron chi connectivity index (χ3n) is 4.91. The Balaban J connectivity index is 2.03. The van der Waals surface area contributed by atoms with Crippen molar-refractivity contribution in [3.8, 4) is 0 Å². The first-order valence-corrected chi connectivity index (χ1v) is 9.57. The molecule has 21 heavy (non-hydrogen) atoms. The molecule has 0 aromatic heterocycles. The highest BCUT2D eigenvalue weighted by atomic mass is 32.2. The molecule has 0 bridgehead atoms. The van der Waals surface area contributed by atoms with E-state index in [0.29, 0.717) is 25.7 Å². The van der Waals surface area contributed by atoms with Crippen molar-refractivity contribution in [3.05, 3.63) is 0 Å². The van der Waals surface area contributed by atoms with Gasteiger partial charge < -0.3 is 5.73 Å². The Morgan fingerprint density at radius 2 is 1.86 bits per heavy atom. The number of piperidine rings is 1. The molecule has 2 unspecified atom stereocenters. The summed E-state index contributed by atoms with van der Waals surface area (Å²) in [4.78, 5) is 2.38. The maximum Gasteiger partial charge on any atom is 0.282 e. The van der Waals surface area contributed by atoms with Crippen molar-refractivity contribution in [2.75, 3.05) is 39.8 Å². The van der Waals surface area contributed by atoms with Crippen LogP contribution in [0.3, 0.4) is 0 Å². The first kappa shape index (κ1) is 17.1. The molecule has 0 aromatic rings. The Hall–Kier alpha value is -0.210. The van der Waals surface area contributed by atoms with Crippen LogP contribution >= 0.6 is 0 Å². The maximum absolute atomic E-state index is 12.8. The fraction of sp³-hybridized carbons (Fsp3) is 1.00. The first-order chi connectivity index (χ1) is 10.0. The smallest absolute Gasteiger partial charge is 0.282 e. The van der Waals surface area contributed by atoms with Gasteiger partial charge in [0.15, 0.2) is 0 Å². The molecule has 2 aliphatic rings. The number of nitrogens with two attached hydrogens (primary N) is 1. The van der Waals surface area contributed by atoms with E-state index in [1.165, 1.54) is 6.42 Å². The van der Waals surface area contributed by atoms with Gasteiger partial charge in [-0.3, -0.25) is 4.90 Å². The van der Waals surface area contributed by atoms with E-state index in [1.807, 2.05) is 0 Å². The molecule has 0 aromatic carbocycles. The van der Waals surface area contributed by atoms with E-state index >= 15 is 0 Å². The molecule has 2 N–H and O–H groups in total. The number of nitrogens with zero attached hydrogens (tertiary/aromatic N) is 3. The lowest BCUT2D eigenvalue weighted by molar-refractivity contribution is 0.213. The van der Waals surface area contributed by atoms with Crippen LogP contribution in [-0.4, -0.2) is 73.8 Å². The Morgan fingerprint density at radius 3 is 2.52 bits per heavy atom. The zero-order valence-corrected chi connectivity index (χ0v) is 14.2. The molecule has 0 spiro atoms. The second kappa shape index (κ2) is 7.37. The highest BCUT2D eigenvalue weighted by Crippen LogP contribution is 2.23. The van der Waals surface area contributed by atoms with Gasteiger partial charge in [-0.05, 0) is 38.8 Å². The molecule has 0 aliphatic carbocycles. The van der Waals surface area contributed by atoms with Gasteiger partial charge in [-0.1, -0.05) is 13.3 Å². The van der Waals surface area contributed by atoms with Gasteiger partial charge in [0.25, 0.3) is 10.2 Å². The molecule has 2 fully saturated rings. The second-order valence-electron chi connectivity index (χ2n) is 6.21. The van der Waals surface area contributed by atoms with Gasteiger partial charge in [0.05, 0.1) is 0 Å². The molecule has 2 heterocycles. The van der Waals surface area contributed by atoms with Crippen LogP contribution in [0.4, 0.5) is 0 Å². The number of hydrogen-bond donors (Lipinski definition) is 1. The number of hydrogen-bond acceptors (Lipinski definition) is 4. The Bertz CT molecular complexity index is 429. The lowest BCUT2D eigenvalue weighted by atomic mass is 10.1. The maximum atomic E-state index is 12.8. The minimum absolute atomic E-state index is 0.0305. The molecular weight excluding hydrogens is 288 g/mol. The number of likely N-dealkylation sites (N-methyl/N-ethyl adjacent to an activating group) is 2. The summed E-state index contributed by atoms with van der Waals surface area (Å²) in [5.41, 5.74) is 5.76. The fourth-order valence-electron chi connectivity index (χ4n) is 3.60. The monoisotopic (exact) mass is 318 g/mol. The van der Waals surface area contributed by atoms with Crippen molar-refractivity contribution in [1.29, 1.82) is 0 Å². The van der Waals surface area contributed by atoms with E-state index in [2.05, 4.69) is 11.8 Å². The topological polar surface area (TPSA) is 69.9 Å². The lowest BCUT2D eigenvalue weighted by Crippen LogP contribution is -2.53. The van der Waals surface area contributed by atoms with Gasteiger partial charge in [0.2, 0.25) is 0 Å². The summed E-state index contributed by atoms with van der Waals surface area (Å²) < 4.78 is 28.8. The second-order valence-corrected chi connectivity index (χ2v) is 8.20. The van der Waals surface area contributed by atoms with Crippen molar-refractivity contribution in [2.45, 2.75) is 51.1 Å². The van der Waals surface area contributed by atoms with Gasteiger partial charge >= 0.3 is 0 Å². The van der Waals surface area contributed by atoms with Crippen LogP contribution in [0.25, 0.3) is 0 Å². The Labute approximate surface area is 129 Å². The molecule has 2 atom stereocenters. The highest BCUT2D eigenvalue weighted by Gasteiger charge is 2.36. The Kier molecular flexibility index (Phi) is 6.02. The minimum atomic E-state index is -3.38. The van der Waals surface area contributed by atoms with E-state index in [1.54, 1.807) is 15.7 Å². The molecule has 0 saturated carbocycles. The van der Waals surface area contributed by atoms with Crippen molar-refractivity contribution >= 4 is 10.2 Å². The summed E-state index contributed by atoms with van der Waals surface area (Å²) in [6, 6.07) is 0.327. The standard InChI is InChI=1S/C14H30N4O2S/c1-3-17-9-6-8-14(17)12-16(2)21(19,20)18-10-5-4-7-13(18)11-15/h13-14H,3-12,15H2,1-2H3. The van der Waals surface area contributed by atoms with E-state index in [4.69, 9.17) is 5.73 Å². The molecule has 7 heteroatoms. The summed E-state index contributed by atoms with van der Waals surface area (Å²) in [6.07, 6.45) is 5.15. The van der Waals surface area contributed by atoms with E-state index < -0.39 is 10.2 Å². The van der Waals surface area contributed by atoms with Crippen LogP contribution in [0, 0.1) is 0 Å². The number of likely N-dealkylation sites (tertiary alicyclic amines) is 1. The molecule has 6 nitrogen and oxygen atoms in total. The van der Waals surface area contributed by atoms with Gasteiger partial charge in [-0.25, -0.2) is 0 Å². The largest absolute Gasteiger partial charge is 0.329 e. The Morgan fingerprint density at radius 1 is 1.14 bits per heavy atom. The zero-order chi connectivity index (χ0) is 15.5. The van der Waals surface area contributed by atoms with E-state index in [9.17, 15) is 8.42 Å². The van der Waals surface area contributed by atoms with Crippen molar-refractivity contribution in [2.24, 2.45) is 5.73 Å². The SMILES string of the molecule is CCN1CCCC1CN(C)S(=O)(=O)N1CCCCC1CN. The van der Waals surface area contributed by atoms with Crippen LogP contribution in [0.2, 0.25) is 0 Å². The van der Waals surface area contributed by atoms with E-state index in [-0.39, 0.29) is 6.04 Å². The average Bonchev–Trinajstić information content (AvgIpc) is 2.94. The van der Waals surface area contributed by atoms with Gasteiger partial charge in [0.1, 0.15) is 0 Å². The summed E-state index contributed by atoms with van der Waals surface area (Å²) in [5.74, 6) is 0. The molecule has 0 radical (unpaired) electrons. The highest BCUT2D eigenvalue weighted by molar-refractivity contribution is 7.86. The van der Waals surface area contributed by atoms with Crippen LogP contribution in [0.1, 0.15) is 39.0 Å². The third-order valence-corrected chi connectivity index (χ3v) is 6.92. The molecule has 2 rings (SSSR count). The predicted molar refractivity (Wildman–Crippen MR) is 85.2 cm³/mol. The van der Waals surface area contributed by atoms with Crippen molar-refractivity contribution < 1.29 is 8.42 Å². The third kappa shape index (κ3) is 3.76. The van der Waals surface area contributed by atoms with Crippen molar-refractivity contribution in [1.82, 2.24) is 13.5 Å². The van der Waals surface area contributed by atoms with Crippen LogP contribution in [0.15, 0.2) is 0 Å². The van der Waals surface area contributed by atoms with Crippen LogP contribution in [-0.2, 0) is 10.2 Å². The molecular formula is C14H30N4O2S. The predicted octanol–water partition coefficient (Wildman–Crippen LogP) is 0.461. The van der Waals surface area contributed by atoms with Gasteiger partial charge in [0, 0.05) is 38.8 Å². The van der Waals surface area contributed by atoms with Gasteiger partial charge in [-0.2, -0.15) is 17.0 Å².